The van der Waals surface area contributed by atoms with E-state index in [1.54, 1.807) is 29.0 Å². The number of hydrogen-bond acceptors (Lipinski definition) is 3. The molecule has 2 rings (SSSR count). The Labute approximate surface area is 162 Å². The highest BCUT2D eigenvalue weighted by Crippen LogP contribution is 2.22. The van der Waals surface area contributed by atoms with Gasteiger partial charge in [0, 0.05) is 32.2 Å². The number of benzene rings is 1. The molecule has 0 N–H and O–H groups in total. The topological polar surface area (TPSA) is 49.9 Å². The smallest absolute Gasteiger partial charge is 0.410 e. The summed E-state index contributed by atoms with van der Waals surface area (Å²) >= 11 is 3.09. The van der Waals surface area contributed by atoms with Gasteiger partial charge in [-0.2, -0.15) is 0 Å². The molecule has 0 atom stereocenters. The molecule has 7 heteroatoms. The lowest BCUT2D eigenvalue weighted by Gasteiger charge is -2.34. The fourth-order valence-electron chi connectivity index (χ4n) is 2.93. The summed E-state index contributed by atoms with van der Waals surface area (Å²) in [6.45, 7) is 7.33. The van der Waals surface area contributed by atoms with Gasteiger partial charge in [-0.15, -0.1) is 0 Å². The zero-order chi connectivity index (χ0) is 19.5. The third-order valence-corrected chi connectivity index (χ3v) is 4.95. The van der Waals surface area contributed by atoms with Crippen LogP contribution in [0.3, 0.4) is 0 Å². The number of halogens is 2. The van der Waals surface area contributed by atoms with Crippen molar-refractivity contribution in [3.8, 4) is 0 Å². The van der Waals surface area contributed by atoms with Gasteiger partial charge in [-0.1, -0.05) is 0 Å². The normalized spacial score (nSPS) is 15.7. The van der Waals surface area contributed by atoms with Crippen LogP contribution in [0.1, 0.15) is 44.0 Å². The zero-order valence-electron chi connectivity index (χ0n) is 15.7. The molecule has 0 saturated carbocycles. The summed E-state index contributed by atoms with van der Waals surface area (Å²) in [7, 11) is 1.73. The molecule has 1 aliphatic heterocycles. The summed E-state index contributed by atoms with van der Waals surface area (Å²) in [6.07, 6.45) is 1.27. The monoisotopic (exact) mass is 428 g/mol. The standard InChI is InChI=1S/C19H26BrFN2O3/c1-19(2,3)26-18(25)22(4)12-13-7-9-23(10-8-13)17(24)14-5-6-15(20)16(21)11-14/h5-6,11,13H,7-10,12H2,1-4H3. The van der Waals surface area contributed by atoms with Gasteiger partial charge in [0.1, 0.15) is 11.4 Å². The van der Waals surface area contributed by atoms with E-state index in [2.05, 4.69) is 15.9 Å². The molecule has 1 heterocycles. The van der Waals surface area contributed by atoms with E-state index in [0.29, 0.717) is 35.6 Å². The van der Waals surface area contributed by atoms with Gasteiger partial charge >= 0.3 is 6.09 Å². The summed E-state index contributed by atoms with van der Waals surface area (Å²) in [4.78, 5) is 27.9. The number of hydrogen-bond donors (Lipinski definition) is 0. The van der Waals surface area contributed by atoms with Crippen LogP contribution in [-0.4, -0.2) is 54.1 Å². The second-order valence-electron chi connectivity index (χ2n) is 7.73. The van der Waals surface area contributed by atoms with E-state index in [-0.39, 0.29) is 12.0 Å². The molecule has 1 saturated heterocycles. The minimum absolute atomic E-state index is 0.157. The predicted octanol–water partition coefficient (Wildman–Crippen LogP) is 4.31. The van der Waals surface area contributed by atoms with Gasteiger partial charge in [0.05, 0.1) is 4.47 Å². The molecular formula is C19H26BrFN2O3. The summed E-state index contributed by atoms with van der Waals surface area (Å²) < 4.78 is 19.3. The Kier molecular flexibility index (Phi) is 6.66. The van der Waals surface area contributed by atoms with Gasteiger partial charge in [0.15, 0.2) is 0 Å². The summed E-state index contributed by atoms with van der Waals surface area (Å²) in [6, 6.07) is 4.43. The molecule has 2 amide bonds. The number of nitrogens with zero attached hydrogens (tertiary/aromatic N) is 2. The van der Waals surface area contributed by atoms with Crippen LogP contribution in [0.5, 0.6) is 0 Å². The van der Waals surface area contributed by atoms with Gasteiger partial charge in [0.25, 0.3) is 5.91 Å². The number of ether oxygens (including phenoxy) is 1. The minimum atomic E-state index is -0.513. The molecule has 1 aliphatic rings. The first kappa shape index (κ1) is 20.7. The van der Waals surface area contributed by atoms with Crippen LogP contribution >= 0.6 is 15.9 Å². The van der Waals surface area contributed by atoms with Crippen LogP contribution < -0.4 is 0 Å². The first-order chi connectivity index (χ1) is 12.1. The quantitative estimate of drug-likeness (QED) is 0.720. The highest BCUT2D eigenvalue weighted by molar-refractivity contribution is 9.10. The number of piperidine rings is 1. The summed E-state index contributed by atoms with van der Waals surface area (Å²) in [5.41, 5.74) is -0.156. The maximum Gasteiger partial charge on any atom is 0.410 e. The van der Waals surface area contributed by atoms with Crippen LogP contribution in [0.2, 0.25) is 0 Å². The number of carbonyl (C=O) groups excluding carboxylic acids is 2. The molecule has 1 fully saturated rings. The van der Waals surface area contributed by atoms with Crippen molar-refractivity contribution in [2.24, 2.45) is 5.92 Å². The van der Waals surface area contributed by atoms with Crippen LogP contribution in [0.4, 0.5) is 9.18 Å². The molecule has 1 aromatic carbocycles. The second-order valence-corrected chi connectivity index (χ2v) is 8.58. The van der Waals surface area contributed by atoms with Crippen molar-refractivity contribution in [3.63, 3.8) is 0 Å². The molecule has 0 aliphatic carbocycles. The van der Waals surface area contributed by atoms with Crippen molar-refractivity contribution in [2.45, 2.75) is 39.2 Å². The molecule has 0 unspecified atom stereocenters. The summed E-state index contributed by atoms with van der Waals surface area (Å²) in [5.74, 6) is -0.279. The van der Waals surface area contributed by atoms with E-state index in [1.165, 1.54) is 6.07 Å². The van der Waals surface area contributed by atoms with Gasteiger partial charge in [0.2, 0.25) is 0 Å². The number of amides is 2. The average molecular weight is 429 g/mol. The van der Waals surface area contributed by atoms with E-state index in [4.69, 9.17) is 4.74 Å². The van der Waals surface area contributed by atoms with E-state index in [9.17, 15) is 14.0 Å². The second kappa shape index (κ2) is 8.37. The minimum Gasteiger partial charge on any atom is -0.444 e. The molecular weight excluding hydrogens is 403 g/mol. The molecule has 26 heavy (non-hydrogen) atoms. The number of carbonyl (C=O) groups is 2. The van der Waals surface area contributed by atoms with Crippen molar-refractivity contribution in [1.29, 1.82) is 0 Å². The third-order valence-electron chi connectivity index (χ3n) is 4.31. The van der Waals surface area contributed by atoms with Gasteiger partial charge in [-0.3, -0.25) is 4.79 Å². The highest BCUT2D eigenvalue weighted by Gasteiger charge is 2.27. The van der Waals surface area contributed by atoms with Crippen LogP contribution in [0.25, 0.3) is 0 Å². The van der Waals surface area contributed by atoms with Crippen molar-refractivity contribution in [3.05, 3.63) is 34.1 Å². The zero-order valence-corrected chi connectivity index (χ0v) is 17.3. The highest BCUT2D eigenvalue weighted by atomic mass is 79.9. The van der Waals surface area contributed by atoms with E-state index in [1.807, 2.05) is 20.8 Å². The van der Waals surface area contributed by atoms with Crippen molar-refractivity contribution in [1.82, 2.24) is 9.80 Å². The maximum atomic E-state index is 13.6. The number of likely N-dealkylation sites (tertiary alicyclic amines) is 1. The first-order valence-corrected chi connectivity index (χ1v) is 9.54. The van der Waals surface area contributed by atoms with E-state index < -0.39 is 11.4 Å². The Balaban J connectivity index is 1.85. The number of rotatable bonds is 3. The van der Waals surface area contributed by atoms with Crippen molar-refractivity contribution >= 4 is 27.9 Å². The largest absolute Gasteiger partial charge is 0.444 e. The Morgan fingerprint density at radius 2 is 1.92 bits per heavy atom. The molecule has 144 valence electrons. The molecule has 0 spiro atoms. The maximum absolute atomic E-state index is 13.6. The first-order valence-electron chi connectivity index (χ1n) is 8.75. The average Bonchev–Trinajstić information content (AvgIpc) is 2.56. The third kappa shape index (κ3) is 5.69. The van der Waals surface area contributed by atoms with E-state index >= 15 is 0 Å². The van der Waals surface area contributed by atoms with E-state index in [0.717, 1.165) is 12.8 Å². The van der Waals surface area contributed by atoms with Crippen molar-refractivity contribution in [2.75, 3.05) is 26.7 Å². The van der Waals surface area contributed by atoms with Gasteiger partial charge in [-0.25, -0.2) is 9.18 Å². The molecule has 0 bridgehead atoms. The Bertz CT molecular complexity index is 667. The fourth-order valence-corrected chi connectivity index (χ4v) is 3.18. The Morgan fingerprint density at radius 3 is 2.46 bits per heavy atom. The lowest BCUT2D eigenvalue weighted by atomic mass is 9.96. The fraction of sp³-hybridized carbons (Fsp3) is 0.579. The van der Waals surface area contributed by atoms with Crippen molar-refractivity contribution < 1.29 is 18.7 Å². The molecule has 5 nitrogen and oxygen atoms in total. The molecule has 0 aromatic heterocycles. The summed E-state index contributed by atoms with van der Waals surface area (Å²) in [5, 5.41) is 0. The lowest BCUT2D eigenvalue weighted by molar-refractivity contribution is 0.0246. The lowest BCUT2D eigenvalue weighted by Crippen LogP contribution is -2.43. The van der Waals surface area contributed by atoms with Crippen LogP contribution in [0, 0.1) is 11.7 Å². The van der Waals surface area contributed by atoms with Gasteiger partial charge in [-0.05, 0) is 73.7 Å². The molecule has 1 aromatic rings. The SMILES string of the molecule is CN(CC1CCN(C(=O)c2ccc(Br)c(F)c2)CC1)C(=O)OC(C)(C)C. The Hall–Kier alpha value is -1.63. The Morgan fingerprint density at radius 1 is 1.31 bits per heavy atom. The van der Waals surface area contributed by atoms with Crippen LogP contribution in [0.15, 0.2) is 22.7 Å². The van der Waals surface area contributed by atoms with Gasteiger partial charge < -0.3 is 14.5 Å². The van der Waals surface area contributed by atoms with Crippen LogP contribution in [-0.2, 0) is 4.74 Å². The molecule has 0 radical (unpaired) electrons. The predicted molar refractivity (Wildman–Crippen MR) is 102 cm³/mol.